The number of ether oxygens (including phenoxy) is 2. The molecule has 4 aromatic carbocycles. The SMILES string of the molecule is CC(Cc1ccc(O)cc1)(NC(=O)COC1(CCc2ccc([C@@H]3C(CCC(O)c4ccc(F)cc4)C(=O)N3c3ccc(F)cc3)cc2)COC1)C(=O)O. The molecule has 53 heavy (non-hydrogen) atoms. The summed E-state index contributed by atoms with van der Waals surface area (Å²) in [5.41, 5.74) is 1.32. The molecule has 6 rings (SSSR count). The van der Waals surface area contributed by atoms with Crippen LogP contribution in [0.2, 0.25) is 0 Å². The molecule has 2 saturated heterocycles. The molecule has 3 unspecified atom stereocenters. The number of aromatic hydroxyl groups is 1. The maximum absolute atomic E-state index is 13.7. The lowest BCUT2D eigenvalue weighted by atomic mass is 9.78. The maximum atomic E-state index is 13.7. The molecule has 10 nitrogen and oxygen atoms in total. The van der Waals surface area contributed by atoms with Crippen molar-refractivity contribution >= 4 is 23.5 Å². The van der Waals surface area contributed by atoms with Gasteiger partial charge in [-0.3, -0.25) is 9.59 Å². The van der Waals surface area contributed by atoms with Crippen molar-refractivity contribution in [2.75, 3.05) is 24.7 Å². The molecule has 0 radical (unpaired) electrons. The summed E-state index contributed by atoms with van der Waals surface area (Å²) in [5, 5.41) is 32.8. The van der Waals surface area contributed by atoms with E-state index in [0.717, 1.165) is 11.1 Å². The number of aryl methyl sites for hydroxylation is 1. The second-order valence-corrected chi connectivity index (χ2v) is 14.1. The number of phenolic OH excluding ortho intramolecular Hbond substituents is 1. The van der Waals surface area contributed by atoms with Gasteiger partial charge in [-0.25, -0.2) is 13.6 Å². The topological polar surface area (TPSA) is 146 Å². The Kier molecular flexibility index (Phi) is 11.2. The number of carboxylic acids is 1. The minimum absolute atomic E-state index is 0.00791. The molecular weight excluding hydrogens is 686 g/mol. The fourth-order valence-corrected chi connectivity index (χ4v) is 6.93. The van der Waals surface area contributed by atoms with Gasteiger partial charge in [0.05, 0.1) is 31.3 Å². The Hall–Kier alpha value is -5.17. The molecule has 2 heterocycles. The number of benzene rings is 4. The highest BCUT2D eigenvalue weighted by molar-refractivity contribution is 6.03. The first-order chi connectivity index (χ1) is 25.3. The minimum Gasteiger partial charge on any atom is -0.508 e. The van der Waals surface area contributed by atoms with Crippen molar-refractivity contribution < 1.29 is 48.0 Å². The van der Waals surface area contributed by atoms with E-state index in [-0.39, 0.29) is 43.9 Å². The number of hydrogen-bond donors (Lipinski definition) is 4. The van der Waals surface area contributed by atoms with Crippen LogP contribution in [0.3, 0.4) is 0 Å². The average Bonchev–Trinajstić information content (AvgIpc) is 3.12. The van der Waals surface area contributed by atoms with Crippen molar-refractivity contribution in [3.8, 4) is 5.75 Å². The summed E-state index contributed by atoms with van der Waals surface area (Å²) in [6.45, 7) is 1.63. The van der Waals surface area contributed by atoms with Crippen molar-refractivity contribution in [3.63, 3.8) is 0 Å². The molecule has 0 saturated carbocycles. The quantitative estimate of drug-likeness (QED) is 0.106. The molecule has 2 aliphatic heterocycles. The van der Waals surface area contributed by atoms with E-state index < -0.39 is 46.7 Å². The monoisotopic (exact) mass is 728 g/mol. The number of amides is 2. The number of nitrogens with zero attached hydrogens (tertiary/aromatic N) is 1. The van der Waals surface area contributed by atoms with Crippen LogP contribution in [0.4, 0.5) is 14.5 Å². The van der Waals surface area contributed by atoms with E-state index in [9.17, 15) is 38.5 Å². The first-order valence-electron chi connectivity index (χ1n) is 17.5. The second kappa shape index (κ2) is 15.8. The van der Waals surface area contributed by atoms with E-state index in [1.54, 1.807) is 29.2 Å². The predicted octanol–water partition coefficient (Wildman–Crippen LogP) is 5.81. The molecule has 0 bridgehead atoms. The van der Waals surface area contributed by atoms with Gasteiger partial charge in [0.1, 0.15) is 35.1 Å². The van der Waals surface area contributed by atoms with Crippen LogP contribution in [0.25, 0.3) is 0 Å². The van der Waals surface area contributed by atoms with Gasteiger partial charge in [-0.15, -0.1) is 0 Å². The highest BCUT2D eigenvalue weighted by Gasteiger charge is 2.48. The smallest absolute Gasteiger partial charge is 0.329 e. The number of anilines is 1. The van der Waals surface area contributed by atoms with Crippen LogP contribution >= 0.6 is 0 Å². The fourth-order valence-electron chi connectivity index (χ4n) is 6.93. The molecular formula is C41H42F2N2O8. The van der Waals surface area contributed by atoms with Gasteiger partial charge in [-0.1, -0.05) is 48.5 Å². The Balaban J connectivity index is 1.07. The lowest BCUT2D eigenvalue weighted by Crippen LogP contribution is -2.57. The minimum atomic E-state index is -1.60. The van der Waals surface area contributed by atoms with E-state index in [1.807, 2.05) is 24.3 Å². The van der Waals surface area contributed by atoms with Crippen LogP contribution in [0, 0.1) is 17.6 Å². The van der Waals surface area contributed by atoms with Gasteiger partial charge < -0.3 is 35.0 Å². The first-order valence-corrected chi connectivity index (χ1v) is 17.5. The maximum Gasteiger partial charge on any atom is 0.329 e. The fraction of sp³-hybridized carbons (Fsp3) is 0.341. The number of aliphatic hydroxyl groups is 1. The Bertz CT molecular complexity index is 1900. The number of aliphatic hydroxyl groups excluding tert-OH is 1. The normalized spacial score (nSPS) is 19.4. The summed E-state index contributed by atoms with van der Waals surface area (Å²) in [5.74, 6) is -3.10. The number of carbonyl (C=O) groups excluding carboxylic acids is 2. The number of phenols is 1. The molecule has 12 heteroatoms. The summed E-state index contributed by atoms with van der Waals surface area (Å²) in [6.07, 6.45) is 0.957. The molecule has 278 valence electrons. The van der Waals surface area contributed by atoms with E-state index >= 15 is 0 Å². The number of aliphatic carboxylic acids is 1. The van der Waals surface area contributed by atoms with Crippen molar-refractivity contribution in [2.24, 2.45) is 5.92 Å². The van der Waals surface area contributed by atoms with Crippen molar-refractivity contribution in [1.82, 2.24) is 5.32 Å². The first kappa shape index (κ1) is 37.6. The van der Waals surface area contributed by atoms with Gasteiger partial charge in [0.25, 0.3) is 0 Å². The summed E-state index contributed by atoms with van der Waals surface area (Å²) < 4.78 is 38.6. The zero-order valence-corrected chi connectivity index (χ0v) is 29.2. The molecule has 4 atom stereocenters. The summed E-state index contributed by atoms with van der Waals surface area (Å²) in [6, 6.07) is 25.0. The standard InChI is InChI=1S/C41H42F2N2O8/c1-40(39(50)51,22-27-4-16-33(46)17-5-27)44-36(48)23-53-41(24-52-25-41)21-20-26-2-6-29(7-3-26)37-34(18-19-35(47)28-8-10-30(42)11-9-28)38(49)45(37)32-14-12-31(43)13-15-32/h2-17,34-35,37,46-47H,18-25H2,1H3,(H,44,48)(H,50,51)/t34?,35?,37-,40?/m1/s1. The zero-order chi connectivity index (χ0) is 37.8. The summed E-state index contributed by atoms with van der Waals surface area (Å²) in [7, 11) is 0. The van der Waals surface area contributed by atoms with Crippen molar-refractivity contribution in [3.05, 3.63) is 131 Å². The third-order valence-electron chi connectivity index (χ3n) is 10.1. The number of halogens is 2. The van der Waals surface area contributed by atoms with E-state index in [1.165, 1.54) is 55.5 Å². The largest absolute Gasteiger partial charge is 0.508 e. The molecule has 0 aliphatic carbocycles. The molecule has 0 aromatic heterocycles. The Morgan fingerprint density at radius 3 is 2.13 bits per heavy atom. The lowest BCUT2D eigenvalue weighted by molar-refractivity contribution is -0.212. The molecule has 2 aliphatic rings. The third-order valence-corrected chi connectivity index (χ3v) is 10.1. The van der Waals surface area contributed by atoms with Crippen LogP contribution < -0.4 is 10.2 Å². The Morgan fingerprint density at radius 2 is 1.55 bits per heavy atom. The predicted molar refractivity (Wildman–Crippen MR) is 191 cm³/mol. The second-order valence-electron chi connectivity index (χ2n) is 14.1. The third kappa shape index (κ3) is 8.73. The van der Waals surface area contributed by atoms with E-state index in [0.29, 0.717) is 42.5 Å². The number of carbonyl (C=O) groups is 3. The van der Waals surface area contributed by atoms with E-state index in [2.05, 4.69) is 5.32 Å². The van der Waals surface area contributed by atoms with Gasteiger partial charge in [0.2, 0.25) is 11.8 Å². The Labute approximate surface area is 306 Å². The van der Waals surface area contributed by atoms with Gasteiger partial charge in [-0.05, 0) is 103 Å². The van der Waals surface area contributed by atoms with Crippen LogP contribution in [0.1, 0.15) is 60.6 Å². The van der Waals surface area contributed by atoms with Crippen LogP contribution in [-0.4, -0.2) is 64.1 Å². The van der Waals surface area contributed by atoms with Crippen LogP contribution in [-0.2, 0) is 36.7 Å². The molecule has 4 N–H and O–H groups in total. The molecule has 0 spiro atoms. The van der Waals surface area contributed by atoms with Gasteiger partial charge >= 0.3 is 5.97 Å². The Morgan fingerprint density at radius 1 is 0.943 bits per heavy atom. The van der Waals surface area contributed by atoms with Gasteiger partial charge in [-0.2, -0.15) is 0 Å². The molecule has 2 fully saturated rings. The molecule has 2 amide bonds. The molecule has 4 aromatic rings. The van der Waals surface area contributed by atoms with Crippen molar-refractivity contribution in [1.29, 1.82) is 0 Å². The number of carboxylic acid groups (broad SMARTS) is 1. The highest BCUT2D eigenvalue weighted by atomic mass is 19.1. The summed E-state index contributed by atoms with van der Waals surface area (Å²) in [4.78, 5) is 40.1. The number of hydrogen-bond acceptors (Lipinski definition) is 7. The highest BCUT2D eigenvalue weighted by Crippen LogP contribution is 2.46. The van der Waals surface area contributed by atoms with E-state index in [4.69, 9.17) is 9.47 Å². The number of β-lactam (4-membered cyclic amide) rings is 1. The van der Waals surface area contributed by atoms with Gasteiger partial charge in [0, 0.05) is 12.1 Å². The number of nitrogens with one attached hydrogen (secondary N) is 1. The van der Waals surface area contributed by atoms with Crippen LogP contribution in [0.15, 0.2) is 97.1 Å². The van der Waals surface area contributed by atoms with Crippen molar-refractivity contribution in [2.45, 2.75) is 62.3 Å². The average molecular weight is 729 g/mol. The summed E-state index contributed by atoms with van der Waals surface area (Å²) >= 11 is 0. The van der Waals surface area contributed by atoms with Crippen LogP contribution in [0.5, 0.6) is 5.75 Å². The van der Waals surface area contributed by atoms with Gasteiger partial charge in [0.15, 0.2) is 0 Å². The lowest BCUT2D eigenvalue weighted by Gasteiger charge is -2.48. The zero-order valence-electron chi connectivity index (χ0n) is 29.2. The number of rotatable bonds is 16.